The zero-order chi connectivity index (χ0) is 15.8. The Kier molecular flexibility index (Phi) is 3.66. The molecule has 2 atom stereocenters. The van der Waals surface area contributed by atoms with Crippen LogP contribution in [0.2, 0.25) is 0 Å². The molecule has 3 nitrogen and oxygen atoms in total. The topological polar surface area (TPSA) is 24.8 Å². The molecule has 2 aromatic rings. The third-order valence-corrected chi connectivity index (χ3v) is 5.39. The van der Waals surface area contributed by atoms with Gasteiger partial charge in [-0.05, 0) is 30.5 Å². The van der Waals surface area contributed by atoms with Crippen LogP contribution in [0.3, 0.4) is 0 Å². The van der Waals surface area contributed by atoms with Gasteiger partial charge in [0.1, 0.15) is 6.54 Å². The van der Waals surface area contributed by atoms with E-state index in [1.165, 1.54) is 21.6 Å². The van der Waals surface area contributed by atoms with Crippen molar-refractivity contribution in [3.05, 3.63) is 65.2 Å². The second-order valence-electron chi connectivity index (χ2n) is 6.69. The van der Waals surface area contributed by atoms with E-state index in [0.717, 1.165) is 38.2 Å². The van der Waals surface area contributed by atoms with Gasteiger partial charge in [0.05, 0.1) is 6.54 Å². The summed E-state index contributed by atoms with van der Waals surface area (Å²) in [5.41, 5.74) is 5.26. The summed E-state index contributed by atoms with van der Waals surface area (Å²) in [6.45, 7) is 4.91. The maximum absolute atomic E-state index is 13.0. The summed E-state index contributed by atoms with van der Waals surface area (Å²) in [4.78, 5) is 16.4. The zero-order valence-corrected chi connectivity index (χ0v) is 13.6. The Morgan fingerprint density at radius 3 is 2.52 bits per heavy atom. The second-order valence-corrected chi connectivity index (χ2v) is 6.69. The molecule has 0 radical (unpaired) electrons. The van der Waals surface area contributed by atoms with E-state index >= 15 is 0 Å². The summed E-state index contributed by atoms with van der Waals surface area (Å²) < 4.78 is 0. The summed E-state index contributed by atoms with van der Waals surface area (Å²) in [5.74, 6) is 0.268. The summed E-state index contributed by atoms with van der Waals surface area (Å²) in [7, 11) is 0. The van der Waals surface area contributed by atoms with Crippen LogP contribution in [0.1, 0.15) is 23.6 Å². The Hall–Kier alpha value is -2.13. The first-order valence-electron chi connectivity index (χ1n) is 8.54. The molecule has 2 aliphatic rings. The number of carbonyl (C=O) groups is 1. The average molecular weight is 307 g/mol. The molecule has 2 aromatic carbocycles. The van der Waals surface area contributed by atoms with E-state index in [1.54, 1.807) is 0 Å². The van der Waals surface area contributed by atoms with Gasteiger partial charge in [0.2, 0.25) is 0 Å². The van der Waals surface area contributed by atoms with Gasteiger partial charge in [-0.2, -0.15) is 0 Å². The quantitative estimate of drug-likeness (QED) is 0.896. The van der Waals surface area contributed by atoms with Crippen molar-refractivity contribution in [3.8, 4) is 0 Å². The van der Waals surface area contributed by atoms with E-state index in [4.69, 9.17) is 0 Å². The number of carbonyl (C=O) groups excluding carboxylic acids is 1. The lowest BCUT2D eigenvalue weighted by Crippen LogP contribution is -3.16. The van der Waals surface area contributed by atoms with Crippen molar-refractivity contribution in [2.24, 2.45) is 0 Å². The first-order valence-corrected chi connectivity index (χ1v) is 8.54. The third-order valence-electron chi connectivity index (χ3n) is 5.39. The van der Waals surface area contributed by atoms with Crippen molar-refractivity contribution in [2.45, 2.75) is 32.4 Å². The second kappa shape index (κ2) is 5.82. The predicted octanol–water partition coefficient (Wildman–Crippen LogP) is 1.61. The molecular formula is C20H23N2O+. The van der Waals surface area contributed by atoms with E-state index in [1.807, 2.05) is 11.0 Å². The van der Waals surface area contributed by atoms with Gasteiger partial charge in [0, 0.05) is 24.2 Å². The highest BCUT2D eigenvalue weighted by molar-refractivity contribution is 5.97. The number of anilines is 1. The van der Waals surface area contributed by atoms with E-state index in [-0.39, 0.29) is 11.9 Å². The predicted molar refractivity (Wildman–Crippen MR) is 91.6 cm³/mol. The standard InChI is InChI=1S/C20H22N2O/c1-15(21-12-10-16-6-2-3-8-18(16)14-21)20(23)22-13-11-17-7-4-5-9-19(17)22/h2-9,15H,10-14H2,1H3/p+1/t15-/m1/s1. The summed E-state index contributed by atoms with van der Waals surface area (Å²) in [5, 5.41) is 0. The first kappa shape index (κ1) is 14.5. The number of amides is 1. The normalized spacial score (nSPS) is 20.7. The van der Waals surface area contributed by atoms with Crippen molar-refractivity contribution in [1.29, 1.82) is 0 Å². The molecular weight excluding hydrogens is 284 g/mol. The van der Waals surface area contributed by atoms with Gasteiger partial charge in [-0.15, -0.1) is 0 Å². The molecule has 0 bridgehead atoms. The van der Waals surface area contributed by atoms with Crippen molar-refractivity contribution < 1.29 is 9.69 Å². The van der Waals surface area contributed by atoms with Crippen LogP contribution >= 0.6 is 0 Å². The van der Waals surface area contributed by atoms with Crippen molar-refractivity contribution in [2.75, 3.05) is 18.0 Å². The van der Waals surface area contributed by atoms with E-state index in [0.29, 0.717) is 0 Å². The van der Waals surface area contributed by atoms with Gasteiger partial charge >= 0.3 is 0 Å². The average Bonchev–Trinajstić information content (AvgIpc) is 3.04. The smallest absolute Gasteiger partial charge is 0.284 e. The monoisotopic (exact) mass is 307 g/mol. The molecule has 118 valence electrons. The van der Waals surface area contributed by atoms with E-state index < -0.39 is 0 Å². The molecule has 1 unspecified atom stereocenters. The van der Waals surface area contributed by atoms with Crippen molar-refractivity contribution >= 4 is 11.6 Å². The number of hydrogen-bond donors (Lipinski definition) is 1. The van der Waals surface area contributed by atoms with Gasteiger partial charge in [0.15, 0.2) is 6.04 Å². The molecule has 23 heavy (non-hydrogen) atoms. The highest BCUT2D eigenvalue weighted by atomic mass is 16.2. The number of nitrogens with one attached hydrogen (secondary N) is 1. The van der Waals surface area contributed by atoms with Crippen LogP contribution in [0.25, 0.3) is 0 Å². The molecule has 0 aliphatic carbocycles. The van der Waals surface area contributed by atoms with Gasteiger partial charge in [-0.3, -0.25) is 4.79 Å². The van der Waals surface area contributed by atoms with Crippen molar-refractivity contribution in [1.82, 2.24) is 0 Å². The maximum Gasteiger partial charge on any atom is 0.284 e. The van der Waals surface area contributed by atoms with Crippen LogP contribution in [-0.2, 0) is 24.2 Å². The van der Waals surface area contributed by atoms with Crippen molar-refractivity contribution in [3.63, 3.8) is 0 Å². The molecule has 4 rings (SSSR count). The van der Waals surface area contributed by atoms with E-state index in [9.17, 15) is 4.79 Å². The van der Waals surface area contributed by atoms with Gasteiger partial charge in [0.25, 0.3) is 5.91 Å². The molecule has 2 aliphatic heterocycles. The number of benzene rings is 2. The van der Waals surface area contributed by atoms with Crippen LogP contribution in [0.15, 0.2) is 48.5 Å². The summed E-state index contributed by atoms with van der Waals surface area (Å²) in [6.07, 6.45) is 2.05. The molecule has 0 aromatic heterocycles. The van der Waals surface area contributed by atoms with Crippen LogP contribution in [0.4, 0.5) is 5.69 Å². The Balaban J connectivity index is 1.52. The molecule has 0 saturated carbocycles. The Morgan fingerprint density at radius 2 is 1.70 bits per heavy atom. The number of rotatable bonds is 2. The highest BCUT2D eigenvalue weighted by Crippen LogP contribution is 2.27. The summed E-state index contributed by atoms with van der Waals surface area (Å²) in [6, 6.07) is 16.9. The summed E-state index contributed by atoms with van der Waals surface area (Å²) >= 11 is 0. The number of para-hydroxylation sites is 1. The molecule has 2 heterocycles. The van der Waals surface area contributed by atoms with Crippen LogP contribution in [0, 0.1) is 0 Å². The molecule has 0 spiro atoms. The lowest BCUT2D eigenvalue weighted by atomic mass is 9.98. The van der Waals surface area contributed by atoms with Crippen LogP contribution in [-0.4, -0.2) is 25.0 Å². The fraction of sp³-hybridized carbons (Fsp3) is 0.350. The largest absolute Gasteiger partial charge is 0.321 e. The highest BCUT2D eigenvalue weighted by Gasteiger charge is 2.34. The lowest BCUT2D eigenvalue weighted by Gasteiger charge is -2.32. The Bertz CT molecular complexity index is 740. The van der Waals surface area contributed by atoms with E-state index in [2.05, 4.69) is 49.4 Å². The molecule has 1 amide bonds. The van der Waals surface area contributed by atoms with Gasteiger partial charge < -0.3 is 9.80 Å². The van der Waals surface area contributed by atoms with Crippen LogP contribution < -0.4 is 9.80 Å². The Labute approximate surface area is 137 Å². The molecule has 3 heteroatoms. The minimum absolute atomic E-state index is 0.00881. The fourth-order valence-corrected chi connectivity index (χ4v) is 3.95. The van der Waals surface area contributed by atoms with Gasteiger partial charge in [-0.25, -0.2) is 0 Å². The van der Waals surface area contributed by atoms with Crippen LogP contribution in [0.5, 0.6) is 0 Å². The first-order chi connectivity index (χ1) is 11.2. The van der Waals surface area contributed by atoms with Gasteiger partial charge in [-0.1, -0.05) is 42.5 Å². The minimum atomic E-state index is 0.00881. The molecule has 1 N–H and O–H groups in total. The number of quaternary nitrogens is 1. The maximum atomic E-state index is 13.0. The number of fused-ring (bicyclic) bond motifs is 2. The SMILES string of the molecule is C[C@H](C(=O)N1CCc2ccccc21)[NH+]1CCc2ccccc2C1. The Morgan fingerprint density at radius 1 is 1.00 bits per heavy atom. The zero-order valence-electron chi connectivity index (χ0n) is 13.6. The lowest BCUT2D eigenvalue weighted by molar-refractivity contribution is -0.929. The number of hydrogen-bond acceptors (Lipinski definition) is 1. The number of nitrogens with zero attached hydrogens (tertiary/aromatic N) is 1. The molecule has 0 fully saturated rings. The molecule has 0 saturated heterocycles. The third kappa shape index (κ3) is 2.55. The fourth-order valence-electron chi connectivity index (χ4n) is 3.95. The minimum Gasteiger partial charge on any atom is -0.321 e.